The van der Waals surface area contributed by atoms with E-state index in [2.05, 4.69) is 15.9 Å². The predicted octanol–water partition coefficient (Wildman–Crippen LogP) is 0.918. The summed E-state index contributed by atoms with van der Waals surface area (Å²) in [7, 11) is 0. The van der Waals surface area contributed by atoms with Gasteiger partial charge in [-0.1, -0.05) is 0 Å². The molecule has 6 nitrogen and oxygen atoms in total. The molecule has 1 saturated heterocycles. The minimum Gasteiger partial charge on any atom is -0.371 e. The van der Waals surface area contributed by atoms with Crippen molar-refractivity contribution in [2.75, 3.05) is 6.61 Å². The van der Waals surface area contributed by atoms with Crippen LogP contribution in [0.4, 0.5) is 5.69 Å². The van der Waals surface area contributed by atoms with Crippen molar-refractivity contribution < 1.29 is 9.66 Å². The van der Waals surface area contributed by atoms with Gasteiger partial charge in [0.25, 0.3) is 5.43 Å². The lowest BCUT2D eigenvalue weighted by Gasteiger charge is -2.03. The smallest absolute Gasteiger partial charge is 0.333 e. The number of epoxide rings is 1. The van der Waals surface area contributed by atoms with Gasteiger partial charge in [-0.15, -0.1) is 0 Å². The maximum absolute atomic E-state index is 11.3. The van der Waals surface area contributed by atoms with Gasteiger partial charge in [0, 0.05) is 6.20 Å². The molecule has 7 heteroatoms. The van der Waals surface area contributed by atoms with Gasteiger partial charge in [-0.3, -0.25) is 14.9 Å². The van der Waals surface area contributed by atoms with E-state index in [9.17, 15) is 14.9 Å². The Hall–Kier alpha value is -1.21. The highest BCUT2D eigenvalue weighted by molar-refractivity contribution is 9.10. The Morgan fingerprint density at radius 2 is 2.33 bits per heavy atom. The summed E-state index contributed by atoms with van der Waals surface area (Å²) < 4.78 is 6.78. The fourth-order valence-electron chi connectivity index (χ4n) is 1.22. The van der Waals surface area contributed by atoms with E-state index in [1.807, 2.05) is 0 Å². The Kier molecular flexibility index (Phi) is 2.57. The van der Waals surface area contributed by atoms with Crippen molar-refractivity contribution in [3.8, 4) is 0 Å². The van der Waals surface area contributed by atoms with Crippen molar-refractivity contribution in [3.63, 3.8) is 0 Å². The van der Waals surface area contributed by atoms with Crippen LogP contribution < -0.4 is 5.43 Å². The van der Waals surface area contributed by atoms with E-state index in [0.29, 0.717) is 13.2 Å². The van der Waals surface area contributed by atoms with Gasteiger partial charge in [0.15, 0.2) is 0 Å². The van der Waals surface area contributed by atoms with E-state index >= 15 is 0 Å². The van der Waals surface area contributed by atoms with E-state index in [1.165, 1.54) is 12.4 Å². The Labute approximate surface area is 92.7 Å². The molecule has 0 bridgehead atoms. The van der Waals surface area contributed by atoms with E-state index in [0.717, 1.165) is 0 Å². The Bertz CT molecular complexity index is 466. The molecular weight excluding hydrogens is 268 g/mol. The standard InChI is InChI=1S/C8H7BrN2O4/c9-6-2-10(1-5-4-15-5)3-7(8(6)12)11(13)14/h2-3,5H,1,4H2/t5-/m0/s1. The zero-order chi connectivity index (χ0) is 11.0. The van der Waals surface area contributed by atoms with Gasteiger partial charge >= 0.3 is 5.69 Å². The number of hydrogen-bond donors (Lipinski definition) is 0. The minimum absolute atomic E-state index is 0.110. The average molecular weight is 275 g/mol. The Morgan fingerprint density at radius 3 is 2.87 bits per heavy atom. The molecule has 0 aliphatic carbocycles. The van der Waals surface area contributed by atoms with E-state index in [1.54, 1.807) is 4.57 Å². The van der Waals surface area contributed by atoms with Crippen molar-refractivity contribution in [1.82, 2.24) is 4.57 Å². The summed E-state index contributed by atoms with van der Waals surface area (Å²) in [6.07, 6.45) is 2.87. The number of aromatic nitrogens is 1. The first-order valence-electron chi connectivity index (χ1n) is 4.23. The molecule has 2 heterocycles. The molecular formula is C8H7BrN2O4. The number of nitro groups is 1. The van der Waals surface area contributed by atoms with Gasteiger partial charge in [-0.2, -0.15) is 0 Å². The molecule has 0 N–H and O–H groups in total. The zero-order valence-corrected chi connectivity index (χ0v) is 9.14. The minimum atomic E-state index is -0.683. The first-order valence-corrected chi connectivity index (χ1v) is 5.03. The third-order valence-electron chi connectivity index (χ3n) is 2.03. The summed E-state index contributed by atoms with van der Waals surface area (Å²) in [6, 6.07) is 0. The largest absolute Gasteiger partial charge is 0.371 e. The van der Waals surface area contributed by atoms with Crippen molar-refractivity contribution in [2.24, 2.45) is 0 Å². The average Bonchev–Trinajstić information content (AvgIpc) is 2.94. The summed E-state index contributed by atoms with van der Waals surface area (Å²) >= 11 is 3.00. The van der Waals surface area contributed by atoms with Gasteiger partial charge in [-0.25, -0.2) is 0 Å². The first-order chi connectivity index (χ1) is 7.08. The van der Waals surface area contributed by atoms with E-state index in [-0.39, 0.29) is 10.6 Å². The third-order valence-corrected chi connectivity index (χ3v) is 2.60. The van der Waals surface area contributed by atoms with Crippen LogP contribution >= 0.6 is 15.9 Å². The summed E-state index contributed by atoms with van der Waals surface area (Å²) in [4.78, 5) is 21.2. The van der Waals surface area contributed by atoms with Crippen molar-refractivity contribution in [1.29, 1.82) is 0 Å². The second kappa shape index (κ2) is 3.74. The molecule has 0 amide bonds. The second-order valence-electron chi connectivity index (χ2n) is 3.23. The zero-order valence-electron chi connectivity index (χ0n) is 7.55. The number of rotatable bonds is 3. The van der Waals surface area contributed by atoms with Crippen molar-refractivity contribution in [2.45, 2.75) is 12.6 Å². The van der Waals surface area contributed by atoms with Crippen LogP contribution in [0.1, 0.15) is 0 Å². The lowest BCUT2D eigenvalue weighted by molar-refractivity contribution is -0.386. The molecule has 2 rings (SSSR count). The van der Waals surface area contributed by atoms with Gasteiger partial charge < -0.3 is 9.30 Å². The van der Waals surface area contributed by atoms with Gasteiger partial charge in [0.05, 0.1) is 34.8 Å². The number of nitrogens with zero attached hydrogens (tertiary/aromatic N) is 2. The summed E-state index contributed by atoms with van der Waals surface area (Å²) in [5, 5.41) is 10.6. The maximum Gasteiger partial charge on any atom is 0.333 e. The molecule has 80 valence electrons. The summed E-state index contributed by atoms with van der Waals surface area (Å²) in [5.41, 5.74) is -1.03. The van der Waals surface area contributed by atoms with E-state index < -0.39 is 16.0 Å². The fourth-order valence-corrected chi connectivity index (χ4v) is 1.69. The third kappa shape index (κ3) is 2.24. The molecule has 0 saturated carbocycles. The highest BCUT2D eigenvalue weighted by Gasteiger charge is 2.24. The maximum atomic E-state index is 11.3. The lowest BCUT2D eigenvalue weighted by Crippen LogP contribution is -2.14. The molecule has 0 unspecified atom stereocenters. The van der Waals surface area contributed by atoms with Crippen LogP contribution in [0.5, 0.6) is 0 Å². The van der Waals surface area contributed by atoms with Gasteiger partial charge in [0.1, 0.15) is 0 Å². The van der Waals surface area contributed by atoms with Gasteiger partial charge in [0.2, 0.25) is 0 Å². The normalized spacial score (nSPS) is 18.9. The Morgan fingerprint density at radius 1 is 1.67 bits per heavy atom. The quantitative estimate of drug-likeness (QED) is 0.467. The first kappa shape index (κ1) is 10.3. The van der Waals surface area contributed by atoms with Crippen LogP contribution in [-0.4, -0.2) is 22.2 Å². The molecule has 0 radical (unpaired) electrons. The fraction of sp³-hybridized carbons (Fsp3) is 0.375. The molecule has 1 fully saturated rings. The molecule has 0 spiro atoms. The van der Waals surface area contributed by atoms with Crippen molar-refractivity contribution >= 4 is 21.6 Å². The molecule has 1 aromatic rings. The molecule has 1 atom stereocenters. The molecule has 1 aliphatic rings. The van der Waals surface area contributed by atoms with Crippen LogP contribution in [0.25, 0.3) is 0 Å². The highest BCUT2D eigenvalue weighted by atomic mass is 79.9. The number of ether oxygens (including phenoxy) is 1. The number of hydrogen-bond acceptors (Lipinski definition) is 4. The van der Waals surface area contributed by atoms with Crippen LogP contribution in [0.3, 0.4) is 0 Å². The van der Waals surface area contributed by atoms with Crippen LogP contribution in [0, 0.1) is 10.1 Å². The number of halogens is 1. The SMILES string of the molecule is O=c1c(Br)cn(C[C@H]2CO2)cc1[N+](=O)[O-]. The van der Waals surface area contributed by atoms with Gasteiger partial charge in [-0.05, 0) is 15.9 Å². The summed E-state index contributed by atoms with van der Waals surface area (Å²) in [6.45, 7) is 1.19. The molecule has 1 aromatic heterocycles. The van der Waals surface area contributed by atoms with Crippen molar-refractivity contribution in [3.05, 3.63) is 37.2 Å². The highest BCUT2D eigenvalue weighted by Crippen LogP contribution is 2.15. The Balaban J connectivity index is 2.40. The predicted molar refractivity (Wildman–Crippen MR) is 54.8 cm³/mol. The monoisotopic (exact) mass is 274 g/mol. The van der Waals surface area contributed by atoms with E-state index in [4.69, 9.17) is 4.74 Å². The summed E-state index contributed by atoms with van der Waals surface area (Å²) in [5.74, 6) is 0. The van der Waals surface area contributed by atoms with Crippen LogP contribution in [0.2, 0.25) is 0 Å². The number of pyridine rings is 1. The topological polar surface area (TPSA) is 77.7 Å². The molecule has 15 heavy (non-hydrogen) atoms. The lowest BCUT2D eigenvalue weighted by atomic mass is 10.4. The molecule has 0 aromatic carbocycles. The van der Waals surface area contributed by atoms with Crippen LogP contribution in [-0.2, 0) is 11.3 Å². The molecule has 1 aliphatic heterocycles. The van der Waals surface area contributed by atoms with Crippen LogP contribution in [0.15, 0.2) is 21.7 Å². The second-order valence-corrected chi connectivity index (χ2v) is 4.08.